The van der Waals surface area contributed by atoms with E-state index in [9.17, 15) is 0 Å². The summed E-state index contributed by atoms with van der Waals surface area (Å²) in [6, 6.07) is 1.85. The first-order chi connectivity index (χ1) is 6.38. The van der Waals surface area contributed by atoms with Crippen molar-refractivity contribution in [3.8, 4) is 5.75 Å². The predicted octanol–water partition coefficient (Wildman–Crippen LogP) is 1.96. The lowest BCUT2D eigenvalue weighted by molar-refractivity contribution is 0.388. The molecule has 0 fully saturated rings. The molecule has 0 saturated carbocycles. The van der Waals surface area contributed by atoms with Gasteiger partial charge >= 0.3 is 0 Å². The number of aryl methyl sites for hydroxylation is 1. The van der Waals surface area contributed by atoms with Crippen LogP contribution in [-0.2, 0) is 6.42 Å². The first-order valence-electron chi connectivity index (χ1n) is 4.69. The summed E-state index contributed by atoms with van der Waals surface area (Å²) in [5, 5.41) is 0. The molecule has 0 aliphatic rings. The summed E-state index contributed by atoms with van der Waals surface area (Å²) < 4.78 is 10.4. The van der Waals surface area contributed by atoms with Crippen LogP contribution in [0.1, 0.15) is 25.0 Å². The van der Waals surface area contributed by atoms with Crippen molar-refractivity contribution in [2.45, 2.75) is 25.7 Å². The van der Waals surface area contributed by atoms with Gasteiger partial charge in [-0.1, -0.05) is 6.42 Å². The molecule has 1 aromatic rings. The highest BCUT2D eigenvalue weighted by molar-refractivity contribution is 5.24. The maximum Gasteiger partial charge on any atom is 0.160 e. The van der Waals surface area contributed by atoms with Gasteiger partial charge in [-0.3, -0.25) is 0 Å². The Morgan fingerprint density at radius 1 is 1.38 bits per heavy atom. The maximum absolute atomic E-state index is 5.40. The van der Waals surface area contributed by atoms with Crippen LogP contribution in [0.5, 0.6) is 5.75 Å². The van der Waals surface area contributed by atoms with Crippen molar-refractivity contribution in [2.24, 2.45) is 5.73 Å². The van der Waals surface area contributed by atoms with Crippen molar-refractivity contribution in [1.29, 1.82) is 0 Å². The summed E-state index contributed by atoms with van der Waals surface area (Å²) >= 11 is 0. The van der Waals surface area contributed by atoms with Crippen molar-refractivity contribution in [1.82, 2.24) is 0 Å². The predicted molar refractivity (Wildman–Crippen MR) is 51.9 cm³/mol. The molecule has 13 heavy (non-hydrogen) atoms. The minimum atomic E-state index is 0.773. The third-order valence-electron chi connectivity index (χ3n) is 2.03. The second-order valence-corrected chi connectivity index (χ2v) is 3.01. The zero-order chi connectivity index (χ0) is 9.52. The number of unbranched alkanes of at least 4 members (excludes halogenated alkanes) is 2. The van der Waals surface area contributed by atoms with Gasteiger partial charge in [-0.15, -0.1) is 0 Å². The van der Waals surface area contributed by atoms with Crippen LogP contribution in [0.2, 0.25) is 0 Å². The molecule has 0 amide bonds. The van der Waals surface area contributed by atoms with Crippen LogP contribution in [0.4, 0.5) is 0 Å². The van der Waals surface area contributed by atoms with Crippen molar-refractivity contribution in [2.75, 3.05) is 13.7 Å². The molecule has 0 radical (unpaired) electrons. The van der Waals surface area contributed by atoms with Gasteiger partial charge in [0.25, 0.3) is 0 Å². The van der Waals surface area contributed by atoms with Crippen LogP contribution in [0, 0.1) is 0 Å². The number of rotatable bonds is 6. The molecular weight excluding hydrogens is 166 g/mol. The van der Waals surface area contributed by atoms with Gasteiger partial charge in [0.15, 0.2) is 5.75 Å². The van der Waals surface area contributed by atoms with E-state index in [4.69, 9.17) is 14.9 Å². The fourth-order valence-electron chi connectivity index (χ4n) is 1.30. The number of methoxy groups -OCH3 is 1. The molecule has 3 heteroatoms. The van der Waals surface area contributed by atoms with E-state index in [0.29, 0.717) is 0 Å². The van der Waals surface area contributed by atoms with E-state index in [1.165, 1.54) is 0 Å². The summed E-state index contributed by atoms with van der Waals surface area (Å²) in [5.41, 5.74) is 5.40. The van der Waals surface area contributed by atoms with E-state index < -0.39 is 0 Å². The van der Waals surface area contributed by atoms with Crippen molar-refractivity contribution in [3.63, 3.8) is 0 Å². The molecule has 0 atom stereocenters. The van der Waals surface area contributed by atoms with Gasteiger partial charge in [-0.25, -0.2) is 0 Å². The van der Waals surface area contributed by atoms with Crippen LogP contribution in [0.15, 0.2) is 16.7 Å². The molecule has 0 aliphatic heterocycles. The van der Waals surface area contributed by atoms with E-state index in [1.807, 2.05) is 6.07 Å². The molecule has 0 spiro atoms. The number of furan rings is 1. The lowest BCUT2D eigenvalue weighted by Crippen LogP contribution is -1.98. The highest BCUT2D eigenvalue weighted by Crippen LogP contribution is 2.21. The van der Waals surface area contributed by atoms with Gasteiger partial charge in [0.05, 0.1) is 13.4 Å². The third kappa shape index (κ3) is 3.11. The maximum atomic E-state index is 5.40. The summed E-state index contributed by atoms with van der Waals surface area (Å²) in [6.07, 6.45) is 5.96. The Hall–Kier alpha value is -0.960. The highest BCUT2D eigenvalue weighted by Gasteiger charge is 2.04. The summed E-state index contributed by atoms with van der Waals surface area (Å²) in [7, 11) is 1.66. The largest absolute Gasteiger partial charge is 0.493 e. The Morgan fingerprint density at radius 2 is 2.23 bits per heavy atom. The lowest BCUT2D eigenvalue weighted by Gasteiger charge is -2.00. The van der Waals surface area contributed by atoms with Gasteiger partial charge in [0.1, 0.15) is 5.76 Å². The third-order valence-corrected chi connectivity index (χ3v) is 2.03. The molecule has 3 nitrogen and oxygen atoms in total. The van der Waals surface area contributed by atoms with Crippen LogP contribution < -0.4 is 10.5 Å². The number of hydrogen-bond donors (Lipinski definition) is 1. The van der Waals surface area contributed by atoms with E-state index in [2.05, 4.69) is 0 Å². The van der Waals surface area contributed by atoms with Gasteiger partial charge in [-0.05, 0) is 19.4 Å². The molecule has 1 aromatic heterocycles. The van der Waals surface area contributed by atoms with Crippen molar-refractivity contribution in [3.05, 3.63) is 18.1 Å². The van der Waals surface area contributed by atoms with Crippen LogP contribution in [0.3, 0.4) is 0 Å². The quantitative estimate of drug-likeness (QED) is 0.686. The molecule has 0 aliphatic carbocycles. The molecule has 0 aromatic carbocycles. The fourth-order valence-corrected chi connectivity index (χ4v) is 1.30. The molecule has 1 heterocycles. The molecule has 2 N–H and O–H groups in total. The van der Waals surface area contributed by atoms with Gasteiger partial charge in [0.2, 0.25) is 0 Å². The molecule has 0 unspecified atom stereocenters. The Labute approximate surface area is 78.9 Å². The number of nitrogens with two attached hydrogens (primary N) is 1. The second kappa shape index (κ2) is 5.65. The number of ether oxygens (including phenoxy) is 1. The molecule has 1 rings (SSSR count). The first-order valence-corrected chi connectivity index (χ1v) is 4.69. The van der Waals surface area contributed by atoms with Crippen molar-refractivity contribution >= 4 is 0 Å². The fraction of sp³-hybridized carbons (Fsp3) is 0.600. The Kier molecular flexibility index (Phi) is 4.40. The van der Waals surface area contributed by atoms with Crippen LogP contribution in [-0.4, -0.2) is 13.7 Å². The second-order valence-electron chi connectivity index (χ2n) is 3.01. The zero-order valence-corrected chi connectivity index (χ0v) is 8.08. The summed E-state index contributed by atoms with van der Waals surface area (Å²) in [5.74, 6) is 1.80. The minimum Gasteiger partial charge on any atom is -0.493 e. The van der Waals surface area contributed by atoms with Gasteiger partial charge in [0, 0.05) is 12.5 Å². The highest BCUT2D eigenvalue weighted by atomic mass is 16.5. The molecule has 74 valence electrons. The van der Waals surface area contributed by atoms with E-state index in [-0.39, 0.29) is 0 Å². The van der Waals surface area contributed by atoms with Crippen LogP contribution >= 0.6 is 0 Å². The Balaban J connectivity index is 2.27. The lowest BCUT2D eigenvalue weighted by atomic mass is 10.1. The molecule has 0 saturated heterocycles. The molecular formula is C10H17NO2. The molecule has 0 bridgehead atoms. The Bertz CT molecular complexity index is 233. The van der Waals surface area contributed by atoms with Gasteiger partial charge < -0.3 is 14.9 Å². The van der Waals surface area contributed by atoms with Crippen molar-refractivity contribution < 1.29 is 9.15 Å². The standard InChI is InChI=1S/C10H17NO2/c1-12-9-6-8-13-10(9)5-3-2-4-7-11/h6,8H,2-5,7,11H2,1H3. The Morgan fingerprint density at radius 3 is 2.92 bits per heavy atom. The average Bonchev–Trinajstić information content (AvgIpc) is 2.60. The topological polar surface area (TPSA) is 48.4 Å². The van der Waals surface area contributed by atoms with Gasteiger partial charge in [-0.2, -0.15) is 0 Å². The van der Waals surface area contributed by atoms with E-state index in [0.717, 1.165) is 43.7 Å². The average molecular weight is 183 g/mol. The normalized spacial score (nSPS) is 10.3. The van der Waals surface area contributed by atoms with E-state index in [1.54, 1.807) is 13.4 Å². The monoisotopic (exact) mass is 183 g/mol. The van der Waals surface area contributed by atoms with E-state index >= 15 is 0 Å². The van der Waals surface area contributed by atoms with Crippen LogP contribution in [0.25, 0.3) is 0 Å². The smallest absolute Gasteiger partial charge is 0.160 e. The number of hydrogen-bond acceptors (Lipinski definition) is 3. The summed E-state index contributed by atoms with van der Waals surface area (Å²) in [6.45, 7) is 0.773. The SMILES string of the molecule is COc1ccoc1CCCCCN. The zero-order valence-electron chi connectivity index (χ0n) is 8.08. The minimum absolute atomic E-state index is 0.773. The first kappa shape index (κ1) is 10.1. The summed E-state index contributed by atoms with van der Waals surface area (Å²) in [4.78, 5) is 0.